The van der Waals surface area contributed by atoms with E-state index in [-0.39, 0.29) is 12.1 Å². The first-order chi connectivity index (χ1) is 10.1. The molecule has 0 aliphatic carbocycles. The van der Waals surface area contributed by atoms with E-state index in [9.17, 15) is 8.78 Å². The molecule has 1 aliphatic heterocycles. The molecule has 0 bridgehead atoms. The average Bonchev–Trinajstić information content (AvgIpc) is 2.51. The van der Waals surface area contributed by atoms with Gasteiger partial charge in [-0.25, -0.2) is 8.78 Å². The van der Waals surface area contributed by atoms with Crippen LogP contribution in [0.3, 0.4) is 0 Å². The molecule has 1 aromatic carbocycles. The van der Waals surface area contributed by atoms with Crippen LogP contribution in [-0.2, 0) is 4.74 Å². The fraction of sp³-hybridized carbons (Fsp3) is 0.647. The Labute approximate surface area is 125 Å². The summed E-state index contributed by atoms with van der Waals surface area (Å²) in [6.07, 6.45) is 5.31. The molecule has 1 N–H and O–H groups in total. The Hall–Kier alpha value is -1.00. The molecular weight excluding hydrogens is 272 g/mol. The van der Waals surface area contributed by atoms with Crippen LogP contribution in [0.1, 0.15) is 56.2 Å². The highest BCUT2D eigenvalue weighted by molar-refractivity contribution is 5.28. The molecular formula is C17H25F2NO. The number of aryl methyl sites for hydroxylation is 1. The summed E-state index contributed by atoms with van der Waals surface area (Å²) in [7, 11) is 0. The summed E-state index contributed by atoms with van der Waals surface area (Å²) < 4.78 is 33.6. The SMILES string of the molecule is CCNC(CCC1CCCCO1)c1ccc(C)c(F)c1F. The number of hydrogen-bond acceptors (Lipinski definition) is 2. The lowest BCUT2D eigenvalue weighted by molar-refractivity contribution is 0.00850. The van der Waals surface area contributed by atoms with Gasteiger partial charge in [0.25, 0.3) is 0 Å². The second kappa shape index (κ2) is 7.85. The molecule has 0 amide bonds. The molecule has 0 saturated carbocycles. The largest absolute Gasteiger partial charge is 0.378 e. The highest BCUT2D eigenvalue weighted by atomic mass is 19.2. The molecule has 118 valence electrons. The van der Waals surface area contributed by atoms with Crippen molar-refractivity contribution in [3.05, 3.63) is 34.9 Å². The molecule has 0 spiro atoms. The topological polar surface area (TPSA) is 21.3 Å². The lowest BCUT2D eigenvalue weighted by Crippen LogP contribution is -2.26. The van der Waals surface area contributed by atoms with Crippen LogP contribution in [0.25, 0.3) is 0 Å². The van der Waals surface area contributed by atoms with Gasteiger partial charge in [-0.05, 0) is 51.1 Å². The van der Waals surface area contributed by atoms with Gasteiger partial charge in [-0.15, -0.1) is 0 Å². The Bertz CT molecular complexity index is 458. The molecule has 0 radical (unpaired) electrons. The minimum Gasteiger partial charge on any atom is -0.378 e. The van der Waals surface area contributed by atoms with Crippen molar-refractivity contribution in [1.29, 1.82) is 0 Å². The molecule has 2 rings (SSSR count). The smallest absolute Gasteiger partial charge is 0.163 e. The second-order valence-electron chi connectivity index (χ2n) is 5.78. The zero-order valence-corrected chi connectivity index (χ0v) is 12.9. The molecule has 2 atom stereocenters. The average molecular weight is 297 g/mol. The zero-order valence-electron chi connectivity index (χ0n) is 12.9. The van der Waals surface area contributed by atoms with Crippen molar-refractivity contribution in [3.63, 3.8) is 0 Å². The maximum absolute atomic E-state index is 14.2. The van der Waals surface area contributed by atoms with Crippen LogP contribution in [0.2, 0.25) is 0 Å². The van der Waals surface area contributed by atoms with Gasteiger partial charge in [-0.1, -0.05) is 19.1 Å². The summed E-state index contributed by atoms with van der Waals surface area (Å²) in [5.41, 5.74) is 0.776. The number of nitrogens with one attached hydrogen (secondary N) is 1. The van der Waals surface area contributed by atoms with Gasteiger partial charge in [0, 0.05) is 18.2 Å². The maximum Gasteiger partial charge on any atom is 0.163 e. The Morgan fingerprint density at radius 1 is 1.29 bits per heavy atom. The summed E-state index contributed by atoms with van der Waals surface area (Å²) in [5.74, 6) is -1.45. The van der Waals surface area contributed by atoms with Crippen LogP contribution in [-0.4, -0.2) is 19.3 Å². The van der Waals surface area contributed by atoms with E-state index in [1.165, 1.54) is 6.42 Å². The van der Waals surface area contributed by atoms with E-state index in [1.54, 1.807) is 19.1 Å². The van der Waals surface area contributed by atoms with Crippen molar-refractivity contribution >= 4 is 0 Å². The monoisotopic (exact) mass is 297 g/mol. The lowest BCUT2D eigenvalue weighted by Gasteiger charge is -2.26. The van der Waals surface area contributed by atoms with Crippen LogP contribution in [0.15, 0.2) is 12.1 Å². The van der Waals surface area contributed by atoms with E-state index in [0.717, 1.165) is 38.8 Å². The first kappa shape index (κ1) is 16.4. The molecule has 1 aromatic rings. The van der Waals surface area contributed by atoms with Crippen molar-refractivity contribution < 1.29 is 13.5 Å². The Morgan fingerprint density at radius 2 is 2.10 bits per heavy atom. The number of ether oxygens (including phenoxy) is 1. The summed E-state index contributed by atoms with van der Waals surface area (Å²) in [6.45, 7) is 5.11. The quantitative estimate of drug-likeness (QED) is 0.846. The third-order valence-electron chi connectivity index (χ3n) is 4.18. The molecule has 21 heavy (non-hydrogen) atoms. The van der Waals surface area contributed by atoms with Gasteiger partial charge in [0.15, 0.2) is 11.6 Å². The zero-order chi connectivity index (χ0) is 15.2. The van der Waals surface area contributed by atoms with Crippen LogP contribution in [0.5, 0.6) is 0 Å². The van der Waals surface area contributed by atoms with Crippen LogP contribution in [0, 0.1) is 18.6 Å². The fourth-order valence-electron chi connectivity index (χ4n) is 2.93. The predicted molar refractivity (Wildman–Crippen MR) is 80.3 cm³/mol. The van der Waals surface area contributed by atoms with Crippen LogP contribution >= 0.6 is 0 Å². The van der Waals surface area contributed by atoms with Gasteiger partial charge in [0.1, 0.15) is 0 Å². The van der Waals surface area contributed by atoms with Gasteiger partial charge in [0.2, 0.25) is 0 Å². The van der Waals surface area contributed by atoms with Crippen LogP contribution < -0.4 is 5.32 Å². The lowest BCUT2D eigenvalue weighted by atomic mass is 9.96. The maximum atomic E-state index is 14.2. The highest BCUT2D eigenvalue weighted by Gasteiger charge is 2.21. The predicted octanol–water partition coefficient (Wildman–Crippen LogP) is 4.27. The van der Waals surface area contributed by atoms with E-state index in [4.69, 9.17) is 4.74 Å². The number of halogens is 2. The summed E-state index contributed by atoms with van der Waals surface area (Å²) in [5, 5.41) is 3.26. The third kappa shape index (κ3) is 4.24. The molecule has 4 heteroatoms. The third-order valence-corrected chi connectivity index (χ3v) is 4.18. The Kier molecular flexibility index (Phi) is 6.12. The van der Waals surface area contributed by atoms with E-state index < -0.39 is 11.6 Å². The van der Waals surface area contributed by atoms with E-state index in [2.05, 4.69) is 5.32 Å². The van der Waals surface area contributed by atoms with Gasteiger partial charge in [-0.2, -0.15) is 0 Å². The highest BCUT2D eigenvalue weighted by Crippen LogP contribution is 2.27. The molecule has 1 saturated heterocycles. The molecule has 2 nitrogen and oxygen atoms in total. The van der Waals surface area contributed by atoms with E-state index >= 15 is 0 Å². The normalized spacial score (nSPS) is 20.5. The molecule has 2 unspecified atom stereocenters. The molecule has 1 aliphatic rings. The first-order valence-electron chi connectivity index (χ1n) is 7.93. The van der Waals surface area contributed by atoms with Gasteiger partial charge < -0.3 is 10.1 Å². The number of benzene rings is 1. The minimum atomic E-state index is -0.732. The Balaban J connectivity index is 2.05. The van der Waals surface area contributed by atoms with Crippen molar-refractivity contribution in [3.8, 4) is 0 Å². The molecule has 0 aromatic heterocycles. The summed E-state index contributed by atoms with van der Waals surface area (Å²) >= 11 is 0. The second-order valence-corrected chi connectivity index (χ2v) is 5.78. The molecule has 1 fully saturated rings. The van der Waals surface area contributed by atoms with Crippen molar-refractivity contribution in [2.75, 3.05) is 13.2 Å². The standard InChI is InChI=1S/C17H25F2NO/c1-3-20-15(10-8-13-6-4-5-11-21-13)14-9-7-12(2)16(18)17(14)19/h7,9,13,15,20H,3-6,8,10-11H2,1-2H3. The van der Waals surface area contributed by atoms with Gasteiger partial charge in [0.05, 0.1) is 6.10 Å². The van der Waals surface area contributed by atoms with Gasteiger partial charge in [-0.3, -0.25) is 0 Å². The van der Waals surface area contributed by atoms with Crippen molar-refractivity contribution in [1.82, 2.24) is 5.32 Å². The van der Waals surface area contributed by atoms with E-state index in [1.807, 2.05) is 6.92 Å². The van der Waals surface area contributed by atoms with Crippen LogP contribution in [0.4, 0.5) is 8.78 Å². The summed E-state index contributed by atoms with van der Waals surface area (Å²) in [6, 6.07) is 3.19. The van der Waals surface area contributed by atoms with Crippen molar-refractivity contribution in [2.24, 2.45) is 0 Å². The fourth-order valence-corrected chi connectivity index (χ4v) is 2.93. The number of rotatable bonds is 6. The first-order valence-corrected chi connectivity index (χ1v) is 7.93. The minimum absolute atomic E-state index is 0.157. The molecule has 1 heterocycles. The van der Waals surface area contributed by atoms with Gasteiger partial charge >= 0.3 is 0 Å². The van der Waals surface area contributed by atoms with Crippen molar-refractivity contribution in [2.45, 2.75) is 58.1 Å². The number of hydrogen-bond donors (Lipinski definition) is 1. The summed E-state index contributed by atoms with van der Waals surface area (Å²) in [4.78, 5) is 0. The Morgan fingerprint density at radius 3 is 2.76 bits per heavy atom. The van der Waals surface area contributed by atoms with E-state index in [0.29, 0.717) is 11.1 Å².